The highest BCUT2D eigenvalue weighted by molar-refractivity contribution is 5.33. The third-order valence-corrected chi connectivity index (χ3v) is 2.46. The first-order valence-corrected chi connectivity index (χ1v) is 4.64. The lowest BCUT2D eigenvalue weighted by Crippen LogP contribution is -2.16. The number of aryl methyl sites for hydroxylation is 1. The van der Waals surface area contributed by atoms with Crippen molar-refractivity contribution in [3.63, 3.8) is 0 Å². The first kappa shape index (κ1) is 9.71. The van der Waals surface area contributed by atoms with Gasteiger partial charge in [-0.3, -0.25) is 9.89 Å². The average Bonchev–Trinajstić information content (AvgIpc) is 2.47. The van der Waals surface area contributed by atoms with Gasteiger partial charge < -0.3 is 0 Å². The molecule has 2 aromatic rings. The van der Waals surface area contributed by atoms with Crippen molar-refractivity contribution in [2.24, 2.45) is 0 Å². The van der Waals surface area contributed by atoms with E-state index in [0.29, 0.717) is 5.56 Å². The number of para-hydroxylation sites is 1. The van der Waals surface area contributed by atoms with Crippen molar-refractivity contribution in [2.45, 2.75) is 13.8 Å². The molecule has 0 aliphatic rings. The Bertz CT molecular complexity index is 554. The molecule has 1 aromatic heterocycles. The molecular weight excluding hydrogens is 195 g/mol. The van der Waals surface area contributed by atoms with Crippen LogP contribution >= 0.6 is 0 Å². The van der Waals surface area contributed by atoms with Gasteiger partial charge in [0.2, 0.25) is 0 Å². The Balaban J connectivity index is 2.70. The number of halogens is 1. The molecule has 1 aromatic carbocycles. The minimum absolute atomic E-state index is 0.211. The molecule has 0 fully saturated rings. The highest BCUT2D eigenvalue weighted by Crippen LogP contribution is 2.10. The Hall–Kier alpha value is -1.84. The molecule has 2 rings (SSSR count). The van der Waals surface area contributed by atoms with E-state index in [9.17, 15) is 9.18 Å². The van der Waals surface area contributed by atoms with E-state index in [4.69, 9.17) is 0 Å². The molecular formula is C11H11FN2O. The smallest absolute Gasteiger partial charge is 0.274 e. The first-order valence-electron chi connectivity index (χ1n) is 4.64. The van der Waals surface area contributed by atoms with Gasteiger partial charge in [0.05, 0.1) is 0 Å². The number of benzene rings is 1. The van der Waals surface area contributed by atoms with Gasteiger partial charge in [-0.05, 0) is 26.0 Å². The number of H-pyrrole nitrogens is 1. The molecule has 0 amide bonds. The van der Waals surface area contributed by atoms with E-state index in [1.54, 1.807) is 32.0 Å². The molecule has 0 saturated heterocycles. The number of hydrogen-bond acceptors (Lipinski definition) is 1. The molecule has 3 nitrogen and oxygen atoms in total. The summed E-state index contributed by atoms with van der Waals surface area (Å²) in [6.45, 7) is 3.50. The van der Waals surface area contributed by atoms with E-state index in [2.05, 4.69) is 5.10 Å². The summed E-state index contributed by atoms with van der Waals surface area (Å²) < 4.78 is 14.6. The second-order valence-corrected chi connectivity index (χ2v) is 3.45. The van der Waals surface area contributed by atoms with Crippen LogP contribution in [0.5, 0.6) is 0 Å². The van der Waals surface area contributed by atoms with E-state index in [1.807, 2.05) is 0 Å². The van der Waals surface area contributed by atoms with E-state index >= 15 is 0 Å². The summed E-state index contributed by atoms with van der Waals surface area (Å²) in [5.41, 5.74) is 1.40. The van der Waals surface area contributed by atoms with Gasteiger partial charge >= 0.3 is 0 Å². The number of hydrogen-bond donors (Lipinski definition) is 1. The topological polar surface area (TPSA) is 37.8 Å². The van der Waals surface area contributed by atoms with E-state index in [0.717, 1.165) is 5.69 Å². The fraction of sp³-hybridized carbons (Fsp3) is 0.182. The third-order valence-electron chi connectivity index (χ3n) is 2.46. The number of nitrogens with zero attached hydrogens (tertiary/aromatic N) is 1. The summed E-state index contributed by atoms with van der Waals surface area (Å²) in [6, 6.07) is 6.17. The Morgan fingerprint density at radius 2 is 1.93 bits per heavy atom. The first-order chi connectivity index (χ1) is 7.11. The highest BCUT2D eigenvalue weighted by Gasteiger charge is 2.10. The maximum Gasteiger partial charge on any atom is 0.274 e. The third kappa shape index (κ3) is 1.48. The van der Waals surface area contributed by atoms with Gasteiger partial charge in [0, 0.05) is 11.3 Å². The SMILES string of the molecule is Cc1[nH]n(-c2ccccc2F)c(=O)c1C. The monoisotopic (exact) mass is 206 g/mol. The zero-order chi connectivity index (χ0) is 11.0. The Kier molecular flexibility index (Phi) is 2.19. The van der Waals surface area contributed by atoms with Gasteiger partial charge in [-0.1, -0.05) is 12.1 Å². The summed E-state index contributed by atoms with van der Waals surface area (Å²) in [5, 5.41) is 2.83. The maximum atomic E-state index is 13.4. The molecule has 0 spiro atoms. The summed E-state index contributed by atoms with van der Waals surface area (Å²) in [6.07, 6.45) is 0. The van der Waals surface area contributed by atoms with Crippen LogP contribution in [0.4, 0.5) is 4.39 Å². The van der Waals surface area contributed by atoms with Crippen molar-refractivity contribution in [1.82, 2.24) is 9.78 Å². The summed E-state index contributed by atoms with van der Waals surface area (Å²) in [7, 11) is 0. The van der Waals surface area contributed by atoms with Crippen molar-refractivity contribution in [1.29, 1.82) is 0 Å². The van der Waals surface area contributed by atoms with Gasteiger partial charge in [0.25, 0.3) is 5.56 Å². The largest absolute Gasteiger partial charge is 0.295 e. The zero-order valence-corrected chi connectivity index (χ0v) is 8.54. The Morgan fingerprint density at radius 1 is 1.27 bits per heavy atom. The van der Waals surface area contributed by atoms with Gasteiger partial charge in [0.1, 0.15) is 11.5 Å². The molecule has 0 aliphatic heterocycles. The van der Waals surface area contributed by atoms with Crippen LogP contribution in [0.2, 0.25) is 0 Å². The lowest BCUT2D eigenvalue weighted by Gasteiger charge is -2.01. The Labute approximate surface area is 86.2 Å². The van der Waals surface area contributed by atoms with Gasteiger partial charge in [0.15, 0.2) is 0 Å². The molecule has 4 heteroatoms. The lowest BCUT2D eigenvalue weighted by atomic mass is 10.3. The quantitative estimate of drug-likeness (QED) is 0.760. The number of nitrogens with one attached hydrogen (secondary N) is 1. The molecule has 0 aliphatic carbocycles. The minimum Gasteiger partial charge on any atom is -0.295 e. The Morgan fingerprint density at radius 3 is 2.47 bits per heavy atom. The molecule has 0 bridgehead atoms. The second-order valence-electron chi connectivity index (χ2n) is 3.45. The molecule has 0 atom stereocenters. The molecule has 0 radical (unpaired) electrons. The fourth-order valence-electron chi connectivity index (χ4n) is 1.43. The van der Waals surface area contributed by atoms with Crippen LogP contribution in [0.15, 0.2) is 29.1 Å². The summed E-state index contributed by atoms with van der Waals surface area (Å²) in [5.74, 6) is -0.416. The number of aromatic amines is 1. The van der Waals surface area contributed by atoms with E-state index < -0.39 is 5.82 Å². The minimum atomic E-state index is -0.416. The van der Waals surface area contributed by atoms with Crippen molar-refractivity contribution in [3.8, 4) is 5.69 Å². The van der Waals surface area contributed by atoms with Crippen LogP contribution in [-0.2, 0) is 0 Å². The predicted octanol–water partition coefficient (Wildman–Crippen LogP) is 1.92. The number of rotatable bonds is 1. The van der Waals surface area contributed by atoms with Gasteiger partial charge in [-0.2, -0.15) is 0 Å². The molecule has 1 heterocycles. The van der Waals surface area contributed by atoms with Crippen LogP contribution in [0.1, 0.15) is 11.3 Å². The lowest BCUT2D eigenvalue weighted by molar-refractivity contribution is 0.607. The van der Waals surface area contributed by atoms with Crippen LogP contribution in [0.25, 0.3) is 5.69 Å². The van der Waals surface area contributed by atoms with Crippen molar-refractivity contribution in [2.75, 3.05) is 0 Å². The van der Waals surface area contributed by atoms with Gasteiger partial charge in [-0.15, -0.1) is 0 Å². The molecule has 0 unspecified atom stereocenters. The number of aromatic nitrogens is 2. The van der Waals surface area contributed by atoms with Crippen LogP contribution in [0, 0.1) is 19.7 Å². The average molecular weight is 206 g/mol. The summed E-state index contributed by atoms with van der Waals surface area (Å²) >= 11 is 0. The summed E-state index contributed by atoms with van der Waals surface area (Å²) in [4.78, 5) is 11.7. The predicted molar refractivity (Wildman–Crippen MR) is 55.8 cm³/mol. The van der Waals surface area contributed by atoms with Gasteiger partial charge in [-0.25, -0.2) is 9.07 Å². The van der Waals surface area contributed by atoms with Crippen LogP contribution in [0.3, 0.4) is 0 Å². The van der Waals surface area contributed by atoms with Crippen LogP contribution < -0.4 is 5.56 Å². The van der Waals surface area contributed by atoms with Crippen molar-refractivity contribution >= 4 is 0 Å². The molecule has 78 valence electrons. The standard InChI is InChI=1S/C11H11FN2O/c1-7-8(2)13-14(11(7)15)10-6-4-3-5-9(10)12/h3-6,13H,1-2H3. The van der Waals surface area contributed by atoms with Crippen molar-refractivity contribution < 1.29 is 4.39 Å². The molecule has 1 N–H and O–H groups in total. The fourth-order valence-corrected chi connectivity index (χ4v) is 1.43. The van der Waals surface area contributed by atoms with Crippen molar-refractivity contribution in [3.05, 3.63) is 51.7 Å². The zero-order valence-electron chi connectivity index (χ0n) is 8.54. The van der Waals surface area contributed by atoms with E-state index in [1.165, 1.54) is 10.7 Å². The maximum absolute atomic E-state index is 13.4. The van der Waals surface area contributed by atoms with E-state index in [-0.39, 0.29) is 11.2 Å². The van der Waals surface area contributed by atoms with Crippen LogP contribution in [-0.4, -0.2) is 9.78 Å². The molecule has 0 saturated carbocycles. The molecule has 15 heavy (non-hydrogen) atoms. The highest BCUT2D eigenvalue weighted by atomic mass is 19.1. The second kappa shape index (κ2) is 3.38. The normalized spacial score (nSPS) is 10.6.